The predicted octanol–water partition coefficient (Wildman–Crippen LogP) is 5.85. The number of amides is 1. The van der Waals surface area contributed by atoms with Crippen molar-refractivity contribution in [2.45, 2.75) is 31.6 Å². The first-order valence-electron chi connectivity index (χ1n) is 13.0. The highest BCUT2D eigenvalue weighted by Crippen LogP contribution is 2.46. The summed E-state index contributed by atoms with van der Waals surface area (Å²) in [5.41, 5.74) is 4.15. The summed E-state index contributed by atoms with van der Waals surface area (Å²) in [7, 11) is 4.68. The molecular weight excluding hydrogens is 511 g/mol. The molecule has 8 heteroatoms. The van der Waals surface area contributed by atoms with Gasteiger partial charge in [0.05, 0.1) is 27.0 Å². The Hall–Kier alpha value is -4.59. The Morgan fingerprint density at radius 1 is 0.875 bits per heavy atom. The van der Waals surface area contributed by atoms with Gasteiger partial charge in [-0.1, -0.05) is 30.3 Å². The van der Waals surface area contributed by atoms with Gasteiger partial charge in [0.15, 0.2) is 17.3 Å². The Morgan fingerprint density at radius 3 is 2.35 bits per heavy atom. The van der Waals surface area contributed by atoms with E-state index in [2.05, 4.69) is 10.6 Å². The number of methoxy groups -OCH3 is 3. The number of Topliss-reactive ketones (excluding diaryl/α,β-unsaturated/α-hetero) is 1. The molecule has 0 spiro atoms. The zero-order chi connectivity index (χ0) is 28.4. The fourth-order valence-corrected chi connectivity index (χ4v) is 5.64. The predicted molar refractivity (Wildman–Crippen MR) is 150 cm³/mol. The van der Waals surface area contributed by atoms with Gasteiger partial charge in [0.25, 0.3) is 5.91 Å². The van der Waals surface area contributed by atoms with Crippen LogP contribution in [0.3, 0.4) is 0 Å². The van der Waals surface area contributed by atoms with Gasteiger partial charge in [0.2, 0.25) is 0 Å². The lowest BCUT2D eigenvalue weighted by molar-refractivity contribution is -0.116. The van der Waals surface area contributed by atoms with Crippen LogP contribution in [0, 0.1) is 5.82 Å². The van der Waals surface area contributed by atoms with E-state index in [1.165, 1.54) is 19.2 Å². The van der Waals surface area contributed by atoms with Crippen LogP contribution in [-0.2, 0) is 9.59 Å². The molecule has 3 aromatic carbocycles. The molecule has 0 saturated heterocycles. The molecule has 0 aromatic heterocycles. The van der Waals surface area contributed by atoms with Crippen LogP contribution in [0.15, 0.2) is 89.3 Å². The van der Waals surface area contributed by atoms with Crippen LogP contribution in [0.1, 0.15) is 42.7 Å². The van der Waals surface area contributed by atoms with Crippen molar-refractivity contribution in [3.8, 4) is 17.2 Å². The van der Waals surface area contributed by atoms with Crippen LogP contribution < -0.4 is 24.8 Å². The smallest absolute Gasteiger partial charge is 0.254 e. The SMILES string of the molecule is COc1ccccc1NC(=O)C1=C(C)NC2=C(C(=O)CC(c3ccc(OC)c(OC)c3)C2)C1c1cccc(F)c1. The van der Waals surface area contributed by atoms with E-state index in [0.29, 0.717) is 51.8 Å². The monoisotopic (exact) mass is 542 g/mol. The molecule has 2 unspecified atom stereocenters. The Morgan fingerprint density at radius 2 is 1.62 bits per heavy atom. The fourth-order valence-electron chi connectivity index (χ4n) is 5.64. The molecule has 0 fully saturated rings. The highest BCUT2D eigenvalue weighted by Gasteiger charge is 2.41. The molecule has 1 aliphatic heterocycles. The second-order valence-corrected chi connectivity index (χ2v) is 9.84. The molecule has 0 bridgehead atoms. The topological polar surface area (TPSA) is 85.9 Å². The van der Waals surface area contributed by atoms with Crippen molar-refractivity contribution in [2.24, 2.45) is 0 Å². The summed E-state index contributed by atoms with van der Waals surface area (Å²) >= 11 is 0. The Labute approximate surface area is 232 Å². The number of para-hydroxylation sites is 2. The van der Waals surface area contributed by atoms with Gasteiger partial charge in [-0.2, -0.15) is 0 Å². The summed E-state index contributed by atoms with van der Waals surface area (Å²) in [4.78, 5) is 27.7. The van der Waals surface area contributed by atoms with Crippen molar-refractivity contribution in [1.82, 2.24) is 5.32 Å². The first-order valence-corrected chi connectivity index (χ1v) is 13.0. The number of anilines is 1. The molecule has 1 amide bonds. The third-order valence-electron chi connectivity index (χ3n) is 7.49. The molecule has 0 radical (unpaired) electrons. The first-order chi connectivity index (χ1) is 19.3. The molecule has 1 heterocycles. The van der Waals surface area contributed by atoms with E-state index in [-0.39, 0.29) is 18.1 Å². The van der Waals surface area contributed by atoms with E-state index in [0.717, 1.165) is 11.3 Å². The molecule has 1 aliphatic carbocycles. The molecule has 206 valence electrons. The number of nitrogens with one attached hydrogen (secondary N) is 2. The van der Waals surface area contributed by atoms with E-state index in [9.17, 15) is 14.0 Å². The number of ether oxygens (including phenoxy) is 3. The second-order valence-electron chi connectivity index (χ2n) is 9.84. The molecule has 2 N–H and O–H groups in total. The second kappa shape index (κ2) is 11.3. The molecule has 5 rings (SSSR count). The number of hydrogen-bond donors (Lipinski definition) is 2. The minimum Gasteiger partial charge on any atom is -0.495 e. The highest BCUT2D eigenvalue weighted by atomic mass is 19.1. The maximum absolute atomic E-state index is 14.5. The Kier molecular flexibility index (Phi) is 7.60. The quantitative estimate of drug-likeness (QED) is 0.390. The van der Waals surface area contributed by atoms with Crippen molar-refractivity contribution in [2.75, 3.05) is 26.6 Å². The van der Waals surface area contributed by atoms with Crippen LogP contribution >= 0.6 is 0 Å². The maximum Gasteiger partial charge on any atom is 0.254 e. The first kappa shape index (κ1) is 27.0. The average Bonchev–Trinajstić information content (AvgIpc) is 2.96. The molecular formula is C32H31FN2O5. The van der Waals surface area contributed by atoms with E-state index in [1.807, 2.05) is 24.3 Å². The summed E-state index contributed by atoms with van der Waals surface area (Å²) in [5.74, 6) is -0.0714. The van der Waals surface area contributed by atoms with Gasteiger partial charge < -0.3 is 24.8 Å². The molecule has 2 aliphatic rings. The number of benzene rings is 3. The largest absolute Gasteiger partial charge is 0.495 e. The zero-order valence-corrected chi connectivity index (χ0v) is 22.8. The van der Waals surface area contributed by atoms with Crippen molar-refractivity contribution >= 4 is 17.4 Å². The third-order valence-corrected chi connectivity index (χ3v) is 7.49. The lowest BCUT2D eigenvalue weighted by atomic mass is 9.71. The van der Waals surface area contributed by atoms with Gasteiger partial charge in [-0.05, 0) is 66.8 Å². The lowest BCUT2D eigenvalue weighted by Gasteiger charge is -2.37. The van der Waals surface area contributed by atoms with Gasteiger partial charge in [-0.25, -0.2) is 4.39 Å². The number of ketones is 1. The normalized spacial score (nSPS) is 18.6. The average molecular weight is 543 g/mol. The van der Waals surface area contributed by atoms with Crippen molar-refractivity contribution in [3.05, 3.63) is 106 Å². The van der Waals surface area contributed by atoms with Crippen LogP contribution in [0.2, 0.25) is 0 Å². The maximum atomic E-state index is 14.5. The van der Waals surface area contributed by atoms with E-state index in [4.69, 9.17) is 14.2 Å². The van der Waals surface area contributed by atoms with Crippen LogP contribution in [0.4, 0.5) is 10.1 Å². The standard InChI is InChI=1S/C32H31FN2O5/c1-18-29(32(37)35-23-10-5-6-11-26(23)38-2)30(20-8-7-9-22(33)14-20)31-24(34-18)15-21(16-25(31)36)19-12-13-27(39-3)28(17-19)40-4/h5-14,17,21,30,34H,15-16H2,1-4H3,(H,35,37). The molecule has 2 atom stereocenters. The Balaban J connectivity index is 1.55. The minimum atomic E-state index is -0.736. The number of halogens is 1. The highest BCUT2D eigenvalue weighted by molar-refractivity contribution is 6.10. The summed E-state index contributed by atoms with van der Waals surface area (Å²) in [6, 6.07) is 18.8. The fraction of sp³-hybridized carbons (Fsp3) is 0.250. The van der Waals surface area contributed by atoms with Crippen molar-refractivity contribution in [1.29, 1.82) is 0 Å². The Bertz CT molecular complexity index is 1540. The number of rotatable bonds is 7. The number of hydrogen-bond acceptors (Lipinski definition) is 6. The number of carbonyl (C=O) groups is 2. The summed E-state index contributed by atoms with van der Waals surface area (Å²) < 4.78 is 30.7. The number of dihydropyridines is 1. The van der Waals surface area contributed by atoms with Gasteiger partial charge in [0.1, 0.15) is 11.6 Å². The van der Waals surface area contributed by atoms with Crippen LogP contribution in [0.25, 0.3) is 0 Å². The molecule has 0 saturated carbocycles. The molecule has 3 aromatic rings. The van der Waals surface area contributed by atoms with Crippen molar-refractivity contribution in [3.63, 3.8) is 0 Å². The van der Waals surface area contributed by atoms with Gasteiger partial charge in [-0.3, -0.25) is 9.59 Å². The summed E-state index contributed by atoms with van der Waals surface area (Å²) in [5, 5.41) is 6.29. The lowest BCUT2D eigenvalue weighted by Crippen LogP contribution is -2.37. The summed E-state index contributed by atoms with van der Waals surface area (Å²) in [6.45, 7) is 1.80. The van der Waals surface area contributed by atoms with E-state index >= 15 is 0 Å². The zero-order valence-electron chi connectivity index (χ0n) is 22.8. The van der Waals surface area contributed by atoms with Crippen LogP contribution in [-0.4, -0.2) is 33.0 Å². The minimum absolute atomic E-state index is 0.0992. The third kappa shape index (κ3) is 5.04. The van der Waals surface area contributed by atoms with Gasteiger partial charge >= 0.3 is 0 Å². The van der Waals surface area contributed by atoms with Crippen molar-refractivity contribution < 1.29 is 28.2 Å². The summed E-state index contributed by atoms with van der Waals surface area (Å²) in [6.07, 6.45) is 0.781. The molecule has 7 nitrogen and oxygen atoms in total. The van der Waals surface area contributed by atoms with Crippen LogP contribution in [0.5, 0.6) is 17.2 Å². The number of allylic oxidation sites excluding steroid dienone is 3. The number of carbonyl (C=O) groups excluding carboxylic acids is 2. The van der Waals surface area contributed by atoms with E-state index in [1.54, 1.807) is 51.5 Å². The van der Waals surface area contributed by atoms with E-state index < -0.39 is 17.6 Å². The van der Waals surface area contributed by atoms with Gasteiger partial charge in [-0.15, -0.1) is 0 Å². The molecule has 40 heavy (non-hydrogen) atoms. The van der Waals surface area contributed by atoms with Gasteiger partial charge in [0, 0.05) is 34.9 Å².